The second-order valence-electron chi connectivity index (χ2n) is 8.19. The fraction of sp³-hybridized carbons (Fsp3) is 0.571. The summed E-state index contributed by atoms with van der Waals surface area (Å²) >= 11 is 0. The number of carbonyl (C=O) groups is 3. The molecule has 2 saturated heterocycles. The lowest BCUT2D eigenvalue weighted by molar-refractivity contribution is -0.143. The molecule has 4 rings (SSSR count). The number of nitrogens with zero attached hydrogens (tertiary/aromatic N) is 2. The second kappa shape index (κ2) is 7.54. The van der Waals surface area contributed by atoms with Crippen molar-refractivity contribution in [1.82, 2.24) is 10.2 Å². The van der Waals surface area contributed by atoms with Crippen LogP contribution < -0.4 is 10.2 Å². The van der Waals surface area contributed by atoms with E-state index in [4.69, 9.17) is 0 Å². The van der Waals surface area contributed by atoms with Crippen molar-refractivity contribution >= 4 is 23.5 Å². The van der Waals surface area contributed by atoms with Crippen LogP contribution in [0.4, 0.5) is 10.5 Å². The largest absolute Gasteiger partial charge is 0.389 e. The van der Waals surface area contributed by atoms with E-state index in [0.29, 0.717) is 25.2 Å². The molecule has 2 N–H and O–H groups in total. The van der Waals surface area contributed by atoms with Gasteiger partial charge in [0, 0.05) is 25.4 Å². The Kier molecular flexibility index (Phi) is 5.10. The molecule has 28 heavy (non-hydrogen) atoms. The Labute approximate surface area is 164 Å². The summed E-state index contributed by atoms with van der Waals surface area (Å²) in [7, 11) is 0. The zero-order valence-corrected chi connectivity index (χ0v) is 16.0. The number of aliphatic hydroxyl groups is 1. The van der Waals surface area contributed by atoms with Gasteiger partial charge in [-0.15, -0.1) is 0 Å². The molecule has 0 aromatic heterocycles. The summed E-state index contributed by atoms with van der Waals surface area (Å²) in [5.41, 5.74) is -0.0768. The van der Waals surface area contributed by atoms with Crippen LogP contribution in [0.3, 0.4) is 0 Å². The number of nitrogens with one attached hydrogen (secondary N) is 1. The fourth-order valence-electron chi connectivity index (χ4n) is 4.77. The van der Waals surface area contributed by atoms with Crippen LogP contribution in [0.25, 0.3) is 0 Å². The van der Waals surface area contributed by atoms with Gasteiger partial charge in [0.05, 0.1) is 11.3 Å². The Bertz CT molecular complexity index is 768. The van der Waals surface area contributed by atoms with Crippen molar-refractivity contribution in [2.24, 2.45) is 5.92 Å². The molecule has 4 amide bonds. The maximum atomic E-state index is 12.7. The number of para-hydroxylation sites is 1. The average molecular weight is 385 g/mol. The van der Waals surface area contributed by atoms with E-state index >= 15 is 0 Å². The second-order valence-corrected chi connectivity index (χ2v) is 8.19. The molecule has 3 aliphatic rings. The molecule has 7 heteroatoms. The van der Waals surface area contributed by atoms with Crippen LogP contribution >= 0.6 is 0 Å². The summed E-state index contributed by atoms with van der Waals surface area (Å²) in [5, 5.41) is 13.4. The van der Waals surface area contributed by atoms with E-state index in [2.05, 4.69) is 5.32 Å². The third-order valence-corrected chi connectivity index (χ3v) is 6.46. The lowest BCUT2D eigenvalue weighted by Gasteiger charge is -2.47. The van der Waals surface area contributed by atoms with E-state index in [1.165, 1.54) is 0 Å². The van der Waals surface area contributed by atoms with Gasteiger partial charge in [-0.05, 0) is 37.8 Å². The number of anilines is 1. The number of hydrogen-bond donors (Lipinski definition) is 2. The predicted molar refractivity (Wildman–Crippen MR) is 104 cm³/mol. The van der Waals surface area contributed by atoms with Crippen molar-refractivity contribution in [2.45, 2.75) is 56.6 Å². The number of fused-ring (bicyclic) bond motifs is 1. The number of hydrogen-bond acceptors (Lipinski definition) is 4. The number of piperidine rings is 1. The number of urea groups is 1. The molecule has 150 valence electrons. The third kappa shape index (κ3) is 3.51. The molecule has 1 aromatic rings. The van der Waals surface area contributed by atoms with E-state index in [9.17, 15) is 19.5 Å². The number of benzene rings is 1. The summed E-state index contributed by atoms with van der Waals surface area (Å²) < 4.78 is 0. The quantitative estimate of drug-likeness (QED) is 0.776. The minimum absolute atomic E-state index is 0.00664. The van der Waals surface area contributed by atoms with Gasteiger partial charge in [0.1, 0.15) is 6.04 Å². The molecule has 2 aliphatic heterocycles. The molecule has 0 spiro atoms. The van der Waals surface area contributed by atoms with Gasteiger partial charge in [0.25, 0.3) is 5.91 Å². The number of carbonyl (C=O) groups excluding carboxylic acids is 3. The molecule has 7 nitrogen and oxygen atoms in total. The van der Waals surface area contributed by atoms with E-state index in [-0.39, 0.29) is 30.6 Å². The van der Waals surface area contributed by atoms with Crippen LogP contribution in [0, 0.1) is 5.92 Å². The molecule has 1 aromatic carbocycles. The Morgan fingerprint density at radius 2 is 1.96 bits per heavy atom. The van der Waals surface area contributed by atoms with Crippen LogP contribution in [0.5, 0.6) is 0 Å². The molecule has 2 heterocycles. The zero-order chi connectivity index (χ0) is 19.7. The highest BCUT2D eigenvalue weighted by atomic mass is 16.3. The topological polar surface area (TPSA) is 90.0 Å². The molecule has 0 bridgehead atoms. The number of likely N-dealkylation sites (tertiary alicyclic amines) is 1. The highest BCUT2D eigenvalue weighted by Crippen LogP contribution is 2.39. The van der Waals surface area contributed by atoms with Crippen LogP contribution in [-0.4, -0.2) is 52.6 Å². The molecule has 0 radical (unpaired) electrons. The lowest BCUT2D eigenvalue weighted by Crippen LogP contribution is -2.54. The van der Waals surface area contributed by atoms with Crippen molar-refractivity contribution < 1.29 is 19.5 Å². The Morgan fingerprint density at radius 1 is 1.18 bits per heavy atom. The fourth-order valence-corrected chi connectivity index (χ4v) is 4.77. The Hall–Kier alpha value is -2.41. The summed E-state index contributed by atoms with van der Waals surface area (Å²) in [6.07, 6.45) is 5.09. The first-order valence-electron chi connectivity index (χ1n) is 10.2. The van der Waals surface area contributed by atoms with E-state index in [1.807, 2.05) is 11.0 Å². The lowest BCUT2D eigenvalue weighted by atomic mass is 9.71. The van der Waals surface area contributed by atoms with Crippen molar-refractivity contribution in [3.8, 4) is 0 Å². The summed E-state index contributed by atoms with van der Waals surface area (Å²) in [6.45, 7) is 1.16. The smallest absolute Gasteiger partial charge is 0.329 e. The van der Waals surface area contributed by atoms with Gasteiger partial charge in [-0.1, -0.05) is 31.0 Å². The molecule has 1 aliphatic carbocycles. The molecular formula is C21H27N3O4. The van der Waals surface area contributed by atoms with Gasteiger partial charge < -0.3 is 15.3 Å². The first kappa shape index (κ1) is 18.9. The predicted octanol–water partition coefficient (Wildman–Crippen LogP) is 2.05. The van der Waals surface area contributed by atoms with Crippen LogP contribution in [0.1, 0.15) is 44.9 Å². The number of amides is 4. The molecule has 3 atom stereocenters. The molecule has 0 unspecified atom stereocenters. The summed E-state index contributed by atoms with van der Waals surface area (Å²) in [5.74, 6) is -0.169. The third-order valence-electron chi connectivity index (χ3n) is 6.46. The van der Waals surface area contributed by atoms with Gasteiger partial charge in [-0.2, -0.15) is 0 Å². The van der Waals surface area contributed by atoms with Gasteiger partial charge in [0.2, 0.25) is 5.91 Å². The van der Waals surface area contributed by atoms with Crippen molar-refractivity contribution in [3.63, 3.8) is 0 Å². The SMILES string of the molecule is O=C(CC[C@@H]1NC(=O)N(c2ccccc2)C1=O)N1CC[C@]2(O)CCCC[C@@H]2C1. The van der Waals surface area contributed by atoms with Gasteiger partial charge in [-0.3, -0.25) is 9.59 Å². The summed E-state index contributed by atoms with van der Waals surface area (Å²) in [6, 6.07) is 7.68. The molecular weight excluding hydrogens is 358 g/mol. The van der Waals surface area contributed by atoms with E-state index < -0.39 is 17.7 Å². The number of rotatable bonds is 4. The van der Waals surface area contributed by atoms with Crippen LogP contribution in [0.2, 0.25) is 0 Å². The molecule has 1 saturated carbocycles. The first-order valence-corrected chi connectivity index (χ1v) is 10.2. The van der Waals surface area contributed by atoms with Crippen molar-refractivity contribution in [3.05, 3.63) is 30.3 Å². The normalized spacial score (nSPS) is 30.2. The highest BCUT2D eigenvalue weighted by Gasteiger charge is 2.44. The Balaban J connectivity index is 1.33. The highest BCUT2D eigenvalue weighted by molar-refractivity contribution is 6.21. The maximum Gasteiger partial charge on any atom is 0.329 e. The van der Waals surface area contributed by atoms with Crippen LogP contribution in [-0.2, 0) is 9.59 Å². The standard InChI is InChI=1S/C21H27N3O4/c25-18(23-13-12-21(28)11-5-4-6-15(21)14-23)10-9-17-19(26)24(20(27)22-17)16-7-2-1-3-8-16/h1-3,7-8,15,17,28H,4-6,9-14H2,(H,22,27)/t15-,17+,21-/m1/s1. The minimum atomic E-state index is -0.673. The zero-order valence-electron chi connectivity index (χ0n) is 16.0. The van der Waals surface area contributed by atoms with E-state index in [0.717, 1.165) is 30.6 Å². The van der Waals surface area contributed by atoms with Gasteiger partial charge >= 0.3 is 6.03 Å². The van der Waals surface area contributed by atoms with Crippen molar-refractivity contribution in [2.75, 3.05) is 18.0 Å². The van der Waals surface area contributed by atoms with Crippen LogP contribution in [0.15, 0.2) is 30.3 Å². The summed E-state index contributed by atoms with van der Waals surface area (Å²) in [4.78, 5) is 40.5. The maximum absolute atomic E-state index is 12.7. The number of imide groups is 1. The van der Waals surface area contributed by atoms with E-state index in [1.54, 1.807) is 24.3 Å². The Morgan fingerprint density at radius 3 is 2.75 bits per heavy atom. The average Bonchev–Trinajstić information content (AvgIpc) is 2.99. The molecule has 3 fully saturated rings. The van der Waals surface area contributed by atoms with Crippen molar-refractivity contribution in [1.29, 1.82) is 0 Å². The van der Waals surface area contributed by atoms with Gasteiger partial charge in [-0.25, -0.2) is 9.69 Å². The first-order chi connectivity index (χ1) is 13.5. The minimum Gasteiger partial charge on any atom is -0.389 e. The monoisotopic (exact) mass is 385 g/mol. The van der Waals surface area contributed by atoms with Gasteiger partial charge in [0.15, 0.2) is 0 Å².